The molecule has 0 unspecified atom stereocenters. The van der Waals surface area contributed by atoms with Crippen LogP contribution in [0.5, 0.6) is 0 Å². The van der Waals surface area contributed by atoms with Crippen LogP contribution in [0.2, 0.25) is 0 Å². The quantitative estimate of drug-likeness (QED) is 0.330. The highest BCUT2D eigenvalue weighted by Gasteiger charge is 2.20. The summed E-state index contributed by atoms with van der Waals surface area (Å²) in [6.07, 6.45) is 0. The number of nitrogens with one attached hydrogen (secondary N) is 2. The summed E-state index contributed by atoms with van der Waals surface area (Å²) in [5.74, 6) is 5.17. The van der Waals surface area contributed by atoms with Crippen molar-refractivity contribution in [2.24, 2.45) is 0 Å². The van der Waals surface area contributed by atoms with Crippen LogP contribution in [0.4, 0.5) is 0 Å². The average molecular weight is 428 g/mol. The number of hydroxylamine groups is 1. The van der Waals surface area contributed by atoms with E-state index in [0.29, 0.717) is 29.0 Å². The summed E-state index contributed by atoms with van der Waals surface area (Å²) in [6, 6.07) is 14.0. The maximum absolute atomic E-state index is 12.6. The van der Waals surface area contributed by atoms with Crippen LogP contribution in [0.25, 0.3) is 11.0 Å². The van der Waals surface area contributed by atoms with E-state index in [0.717, 1.165) is 10.9 Å². The van der Waals surface area contributed by atoms with Gasteiger partial charge in [0, 0.05) is 28.6 Å². The van der Waals surface area contributed by atoms with Crippen LogP contribution in [0.15, 0.2) is 52.9 Å². The van der Waals surface area contributed by atoms with Gasteiger partial charge >= 0.3 is 0 Å². The van der Waals surface area contributed by atoms with Crippen molar-refractivity contribution in [3.8, 4) is 11.8 Å². The van der Waals surface area contributed by atoms with Crippen molar-refractivity contribution in [1.29, 1.82) is 0 Å². The van der Waals surface area contributed by atoms with Crippen LogP contribution in [-0.2, 0) is 6.54 Å². The average Bonchev–Trinajstić information content (AvgIpc) is 3.09. The van der Waals surface area contributed by atoms with Crippen LogP contribution in [0.3, 0.4) is 0 Å². The molecule has 3 N–H and O–H groups in total. The molecule has 0 radical (unpaired) electrons. The van der Waals surface area contributed by atoms with Crippen molar-refractivity contribution in [2.45, 2.75) is 6.54 Å². The molecule has 0 saturated heterocycles. The van der Waals surface area contributed by atoms with Crippen LogP contribution in [0, 0.1) is 11.8 Å². The lowest BCUT2D eigenvalue weighted by Crippen LogP contribution is -2.25. The van der Waals surface area contributed by atoms with Gasteiger partial charge in [0.2, 0.25) is 0 Å². The standard InChI is InChI=1S/C22H21N3O4.ClH/c1-25(2)14-18-17-7-3-4-8-19(17)29-20(18)22(27)23-13-5-6-15-9-11-16(12-10-15)21(26)24-28;/h3-4,7-12,28H,13-14H2,1-2H3,(H,23,27)(H,24,26);1H. The zero-order valence-electron chi connectivity index (χ0n) is 16.6. The third-order valence-electron chi connectivity index (χ3n) is 4.20. The molecule has 2 amide bonds. The Morgan fingerprint density at radius 2 is 1.77 bits per heavy atom. The van der Waals surface area contributed by atoms with Crippen LogP contribution < -0.4 is 10.8 Å². The van der Waals surface area contributed by atoms with Gasteiger partial charge in [-0.3, -0.25) is 14.8 Å². The highest BCUT2D eigenvalue weighted by atomic mass is 35.5. The Labute approximate surface area is 180 Å². The number of hydrogen-bond acceptors (Lipinski definition) is 5. The minimum Gasteiger partial charge on any atom is -0.451 e. The van der Waals surface area contributed by atoms with Gasteiger partial charge in [0.1, 0.15) is 5.58 Å². The number of nitrogens with zero attached hydrogens (tertiary/aromatic N) is 1. The third kappa shape index (κ3) is 5.39. The summed E-state index contributed by atoms with van der Waals surface area (Å²) in [6.45, 7) is 0.732. The van der Waals surface area contributed by atoms with Crippen LogP contribution in [-0.4, -0.2) is 42.6 Å². The largest absolute Gasteiger partial charge is 0.451 e. The molecule has 0 atom stereocenters. The second-order valence-corrected chi connectivity index (χ2v) is 6.65. The van der Waals surface area contributed by atoms with Gasteiger partial charge in [-0.2, -0.15) is 0 Å². The fourth-order valence-electron chi connectivity index (χ4n) is 2.88. The summed E-state index contributed by atoms with van der Waals surface area (Å²) in [5, 5.41) is 12.3. The zero-order valence-corrected chi connectivity index (χ0v) is 17.4. The van der Waals surface area contributed by atoms with Gasteiger partial charge in [-0.15, -0.1) is 12.4 Å². The molecular formula is C22H22ClN3O4. The Balaban J connectivity index is 0.00000320. The van der Waals surface area contributed by atoms with Gasteiger partial charge in [-0.1, -0.05) is 30.0 Å². The Morgan fingerprint density at radius 3 is 2.43 bits per heavy atom. The zero-order chi connectivity index (χ0) is 20.8. The highest BCUT2D eigenvalue weighted by Crippen LogP contribution is 2.26. The van der Waals surface area contributed by atoms with E-state index in [-0.39, 0.29) is 24.9 Å². The minimum atomic E-state index is -0.587. The number of carbonyl (C=O) groups is 2. The molecule has 1 aromatic heterocycles. The van der Waals surface area contributed by atoms with E-state index in [1.165, 1.54) is 0 Å². The van der Waals surface area contributed by atoms with Gasteiger partial charge in [-0.05, 0) is 44.4 Å². The SMILES string of the molecule is CN(C)Cc1c(C(=O)NCC#Cc2ccc(C(=O)NO)cc2)oc2ccccc12.Cl. The Bertz CT molecular complexity index is 1100. The number of amides is 2. The van der Waals surface area contributed by atoms with Crippen molar-refractivity contribution in [3.63, 3.8) is 0 Å². The summed E-state index contributed by atoms with van der Waals surface area (Å²) in [4.78, 5) is 25.9. The lowest BCUT2D eigenvalue weighted by atomic mass is 10.1. The predicted octanol–water partition coefficient (Wildman–Crippen LogP) is 2.82. The van der Waals surface area contributed by atoms with Gasteiger partial charge in [0.15, 0.2) is 5.76 Å². The number of fused-ring (bicyclic) bond motifs is 1. The van der Waals surface area contributed by atoms with Gasteiger partial charge in [0.05, 0.1) is 6.54 Å². The molecule has 0 spiro atoms. The van der Waals surface area contributed by atoms with E-state index in [9.17, 15) is 9.59 Å². The first-order valence-electron chi connectivity index (χ1n) is 8.96. The van der Waals surface area contributed by atoms with E-state index in [1.807, 2.05) is 43.3 Å². The van der Waals surface area contributed by atoms with E-state index in [2.05, 4.69) is 17.2 Å². The summed E-state index contributed by atoms with van der Waals surface area (Å²) in [7, 11) is 3.87. The molecule has 156 valence electrons. The lowest BCUT2D eigenvalue weighted by molar-refractivity contribution is 0.0706. The monoisotopic (exact) mass is 427 g/mol. The first kappa shape index (κ1) is 23.0. The highest BCUT2D eigenvalue weighted by molar-refractivity contribution is 5.99. The molecule has 3 rings (SSSR count). The van der Waals surface area contributed by atoms with Gasteiger partial charge in [-0.25, -0.2) is 5.48 Å². The van der Waals surface area contributed by atoms with Crippen LogP contribution in [0.1, 0.15) is 32.0 Å². The van der Waals surface area contributed by atoms with E-state index >= 15 is 0 Å². The number of furan rings is 1. The van der Waals surface area contributed by atoms with Crippen molar-refractivity contribution in [1.82, 2.24) is 15.7 Å². The predicted molar refractivity (Wildman–Crippen MR) is 116 cm³/mol. The molecule has 30 heavy (non-hydrogen) atoms. The van der Waals surface area contributed by atoms with Crippen molar-refractivity contribution in [3.05, 3.63) is 71.0 Å². The first-order valence-corrected chi connectivity index (χ1v) is 8.96. The number of rotatable bonds is 5. The molecule has 0 aliphatic heterocycles. The normalized spacial score (nSPS) is 10.1. The third-order valence-corrected chi connectivity index (χ3v) is 4.20. The number of hydrogen-bond donors (Lipinski definition) is 3. The lowest BCUT2D eigenvalue weighted by Gasteiger charge is -2.09. The smallest absolute Gasteiger partial charge is 0.288 e. The molecule has 8 heteroatoms. The number of carbonyl (C=O) groups excluding carboxylic acids is 2. The maximum atomic E-state index is 12.6. The topological polar surface area (TPSA) is 94.8 Å². The van der Waals surface area contributed by atoms with Crippen molar-refractivity contribution in [2.75, 3.05) is 20.6 Å². The summed E-state index contributed by atoms with van der Waals surface area (Å²) >= 11 is 0. The molecule has 3 aromatic rings. The molecule has 0 fully saturated rings. The molecule has 1 heterocycles. The van der Waals surface area contributed by atoms with Crippen molar-refractivity contribution >= 4 is 35.2 Å². The fourth-order valence-corrected chi connectivity index (χ4v) is 2.88. The molecule has 0 aliphatic rings. The molecule has 0 aliphatic carbocycles. The minimum absolute atomic E-state index is 0. The van der Waals surface area contributed by atoms with E-state index < -0.39 is 5.91 Å². The molecule has 0 bridgehead atoms. The van der Waals surface area contributed by atoms with Crippen LogP contribution >= 0.6 is 12.4 Å². The Kier molecular flexibility index (Phi) is 8.01. The maximum Gasteiger partial charge on any atom is 0.288 e. The number of para-hydroxylation sites is 1. The van der Waals surface area contributed by atoms with Crippen molar-refractivity contribution < 1.29 is 19.2 Å². The second-order valence-electron chi connectivity index (χ2n) is 6.65. The molecule has 2 aromatic carbocycles. The molecule has 7 nitrogen and oxygen atoms in total. The first-order chi connectivity index (χ1) is 14.0. The summed E-state index contributed by atoms with van der Waals surface area (Å²) in [5.41, 5.74) is 4.10. The van der Waals surface area contributed by atoms with E-state index in [1.54, 1.807) is 29.7 Å². The molecule has 0 saturated carbocycles. The Morgan fingerprint density at radius 1 is 1.07 bits per heavy atom. The van der Waals surface area contributed by atoms with Gasteiger partial charge < -0.3 is 14.6 Å². The Hall–Kier alpha value is -3.31. The summed E-state index contributed by atoms with van der Waals surface area (Å²) < 4.78 is 5.78. The van der Waals surface area contributed by atoms with Gasteiger partial charge in [0.25, 0.3) is 11.8 Å². The number of halogens is 1. The van der Waals surface area contributed by atoms with E-state index in [4.69, 9.17) is 9.62 Å². The second kappa shape index (κ2) is 10.5. The molecular weight excluding hydrogens is 406 g/mol. The fraction of sp³-hybridized carbons (Fsp3) is 0.182. The number of benzene rings is 2.